The van der Waals surface area contributed by atoms with E-state index in [0.29, 0.717) is 38.0 Å². The van der Waals surface area contributed by atoms with Gasteiger partial charge in [-0.3, -0.25) is 9.48 Å². The van der Waals surface area contributed by atoms with Crippen LogP contribution in [0.5, 0.6) is 0 Å². The van der Waals surface area contributed by atoms with Crippen molar-refractivity contribution in [2.24, 2.45) is 0 Å². The molecule has 2 N–H and O–H groups in total. The maximum absolute atomic E-state index is 12.8. The van der Waals surface area contributed by atoms with Gasteiger partial charge in [0.1, 0.15) is 0 Å². The van der Waals surface area contributed by atoms with Crippen LogP contribution in [0.3, 0.4) is 0 Å². The highest BCUT2D eigenvalue weighted by Gasteiger charge is 2.29. The molecule has 8 heteroatoms. The molecule has 1 saturated heterocycles. The zero-order valence-corrected chi connectivity index (χ0v) is 15.8. The number of rotatable bonds is 5. The number of fused-ring (bicyclic) bond motifs is 1. The van der Waals surface area contributed by atoms with Gasteiger partial charge in [-0.25, -0.2) is 4.79 Å². The molecule has 0 spiro atoms. The van der Waals surface area contributed by atoms with E-state index in [4.69, 9.17) is 4.74 Å². The molecule has 2 fully saturated rings. The molecule has 0 radical (unpaired) electrons. The summed E-state index contributed by atoms with van der Waals surface area (Å²) >= 11 is 0. The number of likely N-dealkylation sites (tertiary alicyclic amines) is 1. The molecule has 0 aromatic carbocycles. The highest BCUT2D eigenvalue weighted by atomic mass is 16.5. The standard InChI is InChI=1S/C19H29N5O3/c25-18(23-9-3-4-10-23)17-15-13-27-12-7-16(15)24(22-17)11-8-20-19(26)21-14-5-1-2-6-14/h14H,1-13H2,(H2,20,21,26). The van der Waals surface area contributed by atoms with E-state index >= 15 is 0 Å². The summed E-state index contributed by atoms with van der Waals surface area (Å²) in [6.45, 7) is 3.76. The summed E-state index contributed by atoms with van der Waals surface area (Å²) in [5.41, 5.74) is 2.53. The van der Waals surface area contributed by atoms with Crippen LogP contribution in [0.25, 0.3) is 0 Å². The highest BCUT2D eigenvalue weighted by molar-refractivity contribution is 5.94. The van der Waals surface area contributed by atoms with Crippen molar-refractivity contribution >= 4 is 11.9 Å². The van der Waals surface area contributed by atoms with Crippen LogP contribution in [0.2, 0.25) is 0 Å². The number of urea groups is 1. The van der Waals surface area contributed by atoms with E-state index in [1.165, 1.54) is 12.8 Å². The quantitative estimate of drug-likeness (QED) is 0.815. The first kappa shape index (κ1) is 18.3. The van der Waals surface area contributed by atoms with E-state index in [1.54, 1.807) is 0 Å². The predicted molar refractivity (Wildman–Crippen MR) is 99.5 cm³/mol. The lowest BCUT2D eigenvalue weighted by Gasteiger charge is -2.17. The molecule has 27 heavy (non-hydrogen) atoms. The Morgan fingerprint density at radius 3 is 2.70 bits per heavy atom. The molecule has 3 heterocycles. The van der Waals surface area contributed by atoms with Crippen molar-refractivity contribution in [3.63, 3.8) is 0 Å². The molecule has 1 saturated carbocycles. The summed E-state index contributed by atoms with van der Waals surface area (Å²) in [4.78, 5) is 26.7. The Kier molecular flexibility index (Phi) is 5.61. The zero-order valence-electron chi connectivity index (χ0n) is 15.8. The van der Waals surface area contributed by atoms with Crippen LogP contribution in [-0.2, 0) is 24.3 Å². The molecule has 4 rings (SSSR count). The zero-order chi connectivity index (χ0) is 18.6. The van der Waals surface area contributed by atoms with E-state index in [9.17, 15) is 9.59 Å². The molecule has 0 bridgehead atoms. The van der Waals surface area contributed by atoms with Crippen LogP contribution in [-0.4, -0.2) is 58.9 Å². The van der Waals surface area contributed by atoms with Crippen molar-refractivity contribution in [3.8, 4) is 0 Å². The van der Waals surface area contributed by atoms with Crippen molar-refractivity contribution in [2.75, 3.05) is 26.2 Å². The van der Waals surface area contributed by atoms with E-state index in [2.05, 4.69) is 15.7 Å². The number of nitrogens with zero attached hydrogens (tertiary/aromatic N) is 3. The van der Waals surface area contributed by atoms with Crippen molar-refractivity contribution in [3.05, 3.63) is 17.0 Å². The Balaban J connectivity index is 1.38. The van der Waals surface area contributed by atoms with Crippen molar-refractivity contribution < 1.29 is 14.3 Å². The molecule has 8 nitrogen and oxygen atoms in total. The van der Waals surface area contributed by atoms with E-state index in [-0.39, 0.29) is 11.9 Å². The molecule has 3 aliphatic rings. The van der Waals surface area contributed by atoms with E-state index in [1.807, 2.05) is 9.58 Å². The largest absolute Gasteiger partial charge is 0.376 e. The first-order chi connectivity index (χ1) is 13.2. The fraction of sp³-hybridized carbons (Fsp3) is 0.737. The number of nitrogens with one attached hydrogen (secondary N) is 2. The number of hydrogen-bond donors (Lipinski definition) is 2. The van der Waals surface area contributed by atoms with Gasteiger partial charge in [0, 0.05) is 43.4 Å². The maximum atomic E-state index is 12.8. The summed E-state index contributed by atoms with van der Waals surface area (Å²) in [5, 5.41) is 10.6. The lowest BCUT2D eigenvalue weighted by molar-refractivity contribution is 0.0772. The Bertz CT molecular complexity index is 690. The molecule has 2 aliphatic heterocycles. The van der Waals surface area contributed by atoms with Crippen molar-refractivity contribution in [1.29, 1.82) is 0 Å². The SMILES string of the molecule is O=C(NCCn1nc(C(=O)N2CCCC2)c2c1CCOC2)NC1CCCC1. The Morgan fingerprint density at radius 2 is 1.93 bits per heavy atom. The topological polar surface area (TPSA) is 88.5 Å². The Morgan fingerprint density at radius 1 is 1.15 bits per heavy atom. The fourth-order valence-corrected chi connectivity index (χ4v) is 4.32. The minimum Gasteiger partial charge on any atom is -0.376 e. The van der Waals surface area contributed by atoms with Crippen LogP contribution in [0.1, 0.15) is 60.3 Å². The van der Waals surface area contributed by atoms with E-state index in [0.717, 1.165) is 56.5 Å². The lowest BCUT2D eigenvalue weighted by Crippen LogP contribution is -2.42. The summed E-state index contributed by atoms with van der Waals surface area (Å²) in [6.07, 6.45) is 7.41. The van der Waals surface area contributed by atoms with Crippen LogP contribution >= 0.6 is 0 Å². The molecule has 3 amide bonds. The number of amides is 3. The minimum atomic E-state index is -0.111. The average Bonchev–Trinajstić information content (AvgIpc) is 3.43. The molecule has 1 aliphatic carbocycles. The van der Waals surface area contributed by atoms with Gasteiger partial charge >= 0.3 is 6.03 Å². The smallest absolute Gasteiger partial charge is 0.315 e. The predicted octanol–water partition coefficient (Wildman–Crippen LogP) is 1.43. The van der Waals surface area contributed by atoms with Gasteiger partial charge in [-0.15, -0.1) is 0 Å². The van der Waals surface area contributed by atoms with Gasteiger partial charge in [0.25, 0.3) is 5.91 Å². The monoisotopic (exact) mass is 375 g/mol. The summed E-state index contributed by atoms with van der Waals surface area (Å²) in [7, 11) is 0. The van der Waals surface area contributed by atoms with Crippen LogP contribution in [0.4, 0.5) is 4.79 Å². The maximum Gasteiger partial charge on any atom is 0.315 e. The van der Waals surface area contributed by atoms with Crippen molar-refractivity contribution in [1.82, 2.24) is 25.3 Å². The van der Waals surface area contributed by atoms with Gasteiger partial charge < -0.3 is 20.3 Å². The number of hydrogen-bond acceptors (Lipinski definition) is 4. The first-order valence-corrected chi connectivity index (χ1v) is 10.2. The molecule has 0 atom stereocenters. The molecule has 1 aromatic heterocycles. The Labute approximate surface area is 159 Å². The second-order valence-corrected chi connectivity index (χ2v) is 7.68. The van der Waals surface area contributed by atoms with Crippen molar-refractivity contribution in [2.45, 2.75) is 64.1 Å². The molecule has 148 valence electrons. The summed E-state index contributed by atoms with van der Waals surface area (Å²) < 4.78 is 7.46. The number of carbonyl (C=O) groups excluding carboxylic acids is 2. The van der Waals surface area contributed by atoms with Crippen LogP contribution < -0.4 is 10.6 Å². The summed E-state index contributed by atoms with van der Waals surface area (Å²) in [6, 6.07) is 0.198. The fourth-order valence-electron chi connectivity index (χ4n) is 4.32. The normalized spacial score (nSPS) is 19.9. The third-order valence-electron chi connectivity index (χ3n) is 5.79. The Hall–Kier alpha value is -2.09. The van der Waals surface area contributed by atoms with E-state index < -0.39 is 0 Å². The second kappa shape index (κ2) is 8.29. The summed E-state index contributed by atoms with van der Waals surface area (Å²) in [5.74, 6) is 0.0138. The average molecular weight is 375 g/mol. The van der Waals surface area contributed by atoms with Crippen LogP contribution in [0, 0.1) is 0 Å². The van der Waals surface area contributed by atoms with Gasteiger partial charge in [0.15, 0.2) is 5.69 Å². The minimum absolute atomic E-state index is 0.0138. The van der Waals surface area contributed by atoms with Gasteiger partial charge in [-0.1, -0.05) is 12.8 Å². The van der Waals surface area contributed by atoms with Gasteiger partial charge in [0.2, 0.25) is 0 Å². The lowest BCUT2D eigenvalue weighted by atomic mass is 10.1. The number of ether oxygens (including phenoxy) is 1. The second-order valence-electron chi connectivity index (χ2n) is 7.68. The molecular weight excluding hydrogens is 346 g/mol. The van der Waals surface area contributed by atoms with Crippen LogP contribution in [0.15, 0.2) is 0 Å². The highest BCUT2D eigenvalue weighted by Crippen LogP contribution is 2.23. The van der Waals surface area contributed by atoms with Gasteiger partial charge in [-0.2, -0.15) is 5.10 Å². The molecular formula is C19H29N5O3. The number of aromatic nitrogens is 2. The van der Waals surface area contributed by atoms with Gasteiger partial charge in [-0.05, 0) is 25.7 Å². The number of carbonyl (C=O) groups is 2. The molecule has 1 aromatic rings. The third-order valence-corrected chi connectivity index (χ3v) is 5.79. The molecule has 0 unspecified atom stereocenters. The first-order valence-electron chi connectivity index (χ1n) is 10.2. The third kappa shape index (κ3) is 4.10. The van der Waals surface area contributed by atoms with Gasteiger partial charge in [0.05, 0.1) is 19.8 Å².